The molecule has 1 rings (SSSR count). The van der Waals surface area contributed by atoms with Gasteiger partial charge in [-0.3, -0.25) is 5.10 Å². The third-order valence-electron chi connectivity index (χ3n) is 1.14. The highest BCUT2D eigenvalue weighted by Gasteiger charge is 2.04. The number of hydrogen-bond donors (Lipinski definition) is 2. The van der Waals surface area contributed by atoms with Gasteiger partial charge in [-0.2, -0.15) is 5.10 Å². The van der Waals surface area contributed by atoms with Gasteiger partial charge in [-0.05, 0) is 29.8 Å². The molecule has 0 aliphatic heterocycles. The summed E-state index contributed by atoms with van der Waals surface area (Å²) in [4.78, 5) is 3.99. The first-order chi connectivity index (χ1) is 5.11. The van der Waals surface area contributed by atoms with E-state index in [1.807, 2.05) is 6.92 Å². The standard InChI is InChI=1S/C6H9BrN4/c1-3-5(7)6(11-10-3)9-4(2)8/h1-2H3,(H3,8,9,10,11). The van der Waals surface area contributed by atoms with Gasteiger partial charge in [0.1, 0.15) is 0 Å². The number of nitrogens with two attached hydrogens (primary N) is 1. The van der Waals surface area contributed by atoms with Crippen LogP contribution in [0.15, 0.2) is 9.47 Å². The van der Waals surface area contributed by atoms with Crippen molar-refractivity contribution < 1.29 is 0 Å². The van der Waals surface area contributed by atoms with Crippen molar-refractivity contribution >= 4 is 27.6 Å². The molecule has 0 radical (unpaired) electrons. The zero-order valence-electron chi connectivity index (χ0n) is 6.35. The van der Waals surface area contributed by atoms with E-state index < -0.39 is 0 Å². The molecule has 1 aromatic heterocycles. The van der Waals surface area contributed by atoms with Gasteiger partial charge in [0.15, 0.2) is 5.82 Å². The number of halogens is 1. The minimum absolute atomic E-state index is 0.497. The summed E-state index contributed by atoms with van der Waals surface area (Å²) in [6.07, 6.45) is 0. The molecule has 0 amide bonds. The maximum absolute atomic E-state index is 5.38. The molecule has 0 aliphatic carbocycles. The third kappa shape index (κ3) is 1.80. The number of rotatable bonds is 1. The number of hydrogen-bond acceptors (Lipinski definition) is 2. The Hall–Kier alpha value is -0.840. The molecule has 0 bridgehead atoms. The number of aliphatic imine (C=N–C) groups is 1. The summed E-state index contributed by atoms with van der Waals surface area (Å²) >= 11 is 3.32. The lowest BCUT2D eigenvalue weighted by Crippen LogP contribution is -2.03. The fraction of sp³-hybridized carbons (Fsp3) is 0.333. The van der Waals surface area contributed by atoms with Crippen molar-refractivity contribution in [2.24, 2.45) is 10.7 Å². The Balaban J connectivity index is 3.06. The van der Waals surface area contributed by atoms with E-state index >= 15 is 0 Å². The molecule has 11 heavy (non-hydrogen) atoms. The van der Waals surface area contributed by atoms with Crippen LogP contribution in [0, 0.1) is 6.92 Å². The van der Waals surface area contributed by atoms with E-state index in [9.17, 15) is 0 Å². The molecule has 0 atom stereocenters. The van der Waals surface area contributed by atoms with Crippen LogP contribution < -0.4 is 5.73 Å². The van der Waals surface area contributed by atoms with Gasteiger partial charge in [0.05, 0.1) is 10.3 Å². The van der Waals surface area contributed by atoms with Gasteiger partial charge in [-0.15, -0.1) is 0 Å². The summed E-state index contributed by atoms with van der Waals surface area (Å²) < 4.78 is 0.863. The molecular formula is C6H9BrN4. The normalized spacial score (nSPS) is 12.1. The van der Waals surface area contributed by atoms with E-state index in [4.69, 9.17) is 5.73 Å². The highest BCUT2D eigenvalue weighted by molar-refractivity contribution is 9.10. The van der Waals surface area contributed by atoms with E-state index in [0.717, 1.165) is 10.2 Å². The Morgan fingerprint density at radius 1 is 1.73 bits per heavy atom. The van der Waals surface area contributed by atoms with Gasteiger partial charge in [-0.25, -0.2) is 4.99 Å². The Morgan fingerprint density at radius 3 is 2.73 bits per heavy atom. The minimum atomic E-state index is 0.497. The molecule has 4 nitrogen and oxygen atoms in total. The molecule has 0 saturated heterocycles. The van der Waals surface area contributed by atoms with Crippen LogP contribution in [0.1, 0.15) is 12.6 Å². The van der Waals surface area contributed by atoms with Crippen LogP contribution in [-0.4, -0.2) is 16.0 Å². The second-order valence-electron chi connectivity index (χ2n) is 2.24. The number of H-pyrrole nitrogens is 1. The molecule has 1 heterocycles. The van der Waals surface area contributed by atoms with Crippen LogP contribution in [0.5, 0.6) is 0 Å². The zero-order chi connectivity index (χ0) is 8.43. The van der Waals surface area contributed by atoms with E-state index in [1.165, 1.54) is 0 Å². The van der Waals surface area contributed by atoms with Crippen molar-refractivity contribution in [3.63, 3.8) is 0 Å². The van der Waals surface area contributed by atoms with Gasteiger partial charge >= 0.3 is 0 Å². The summed E-state index contributed by atoms with van der Waals surface area (Å²) in [7, 11) is 0. The van der Waals surface area contributed by atoms with Crippen LogP contribution >= 0.6 is 15.9 Å². The van der Waals surface area contributed by atoms with Crippen LogP contribution in [0.2, 0.25) is 0 Å². The molecule has 0 aliphatic rings. The molecule has 3 N–H and O–H groups in total. The van der Waals surface area contributed by atoms with Gasteiger partial charge in [0.2, 0.25) is 0 Å². The average Bonchev–Trinajstić information content (AvgIpc) is 2.18. The quantitative estimate of drug-likeness (QED) is 0.552. The molecule has 1 aromatic rings. The third-order valence-corrected chi connectivity index (χ3v) is 2.09. The van der Waals surface area contributed by atoms with E-state index in [0.29, 0.717) is 11.7 Å². The number of aromatic nitrogens is 2. The lowest BCUT2D eigenvalue weighted by Gasteiger charge is -1.88. The predicted octanol–water partition coefficient (Wildman–Crippen LogP) is 1.49. The lowest BCUT2D eigenvalue weighted by molar-refractivity contribution is 1.04. The van der Waals surface area contributed by atoms with Crippen molar-refractivity contribution in [1.29, 1.82) is 0 Å². The van der Waals surface area contributed by atoms with Crippen LogP contribution in [0.3, 0.4) is 0 Å². The number of amidine groups is 1. The molecule has 0 saturated carbocycles. The van der Waals surface area contributed by atoms with Gasteiger partial charge < -0.3 is 5.73 Å². The molecule has 60 valence electrons. The molecule has 0 fully saturated rings. The second kappa shape index (κ2) is 3.04. The van der Waals surface area contributed by atoms with Crippen LogP contribution in [0.25, 0.3) is 0 Å². The first-order valence-corrected chi connectivity index (χ1v) is 3.92. The smallest absolute Gasteiger partial charge is 0.189 e. The zero-order valence-corrected chi connectivity index (χ0v) is 7.94. The molecule has 5 heteroatoms. The van der Waals surface area contributed by atoms with E-state index in [1.54, 1.807) is 6.92 Å². The Kier molecular flexibility index (Phi) is 2.28. The fourth-order valence-corrected chi connectivity index (χ4v) is 0.910. The van der Waals surface area contributed by atoms with Gasteiger partial charge in [0.25, 0.3) is 0 Å². The number of nitrogens with one attached hydrogen (secondary N) is 1. The maximum atomic E-state index is 5.38. The predicted molar refractivity (Wildman–Crippen MR) is 48.0 cm³/mol. The largest absolute Gasteiger partial charge is 0.387 e. The average molecular weight is 217 g/mol. The first-order valence-electron chi connectivity index (χ1n) is 3.12. The number of aromatic amines is 1. The van der Waals surface area contributed by atoms with Gasteiger partial charge in [0, 0.05) is 5.69 Å². The van der Waals surface area contributed by atoms with Crippen molar-refractivity contribution in [1.82, 2.24) is 10.2 Å². The summed E-state index contributed by atoms with van der Waals surface area (Å²) in [5.74, 6) is 1.10. The summed E-state index contributed by atoms with van der Waals surface area (Å²) in [6.45, 7) is 3.62. The van der Waals surface area contributed by atoms with Crippen molar-refractivity contribution in [3.8, 4) is 0 Å². The van der Waals surface area contributed by atoms with Crippen LogP contribution in [0.4, 0.5) is 5.82 Å². The highest BCUT2D eigenvalue weighted by Crippen LogP contribution is 2.24. The SMILES string of the molecule is CC(N)=Nc1n[nH]c(C)c1Br. The lowest BCUT2D eigenvalue weighted by atomic mass is 10.5. The van der Waals surface area contributed by atoms with Crippen molar-refractivity contribution in [2.75, 3.05) is 0 Å². The monoisotopic (exact) mass is 216 g/mol. The number of aryl methyl sites for hydroxylation is 1. The highest BCUT2D eigenvalue weighted by atomic mass is 79.9. The number of nitrogens with zero attached hydrogens (tertiary/aromatic N) is 2. The van der Waals surface area contributed by atoms with Crippen molar-refractivity contribution in [3.05, 3.63) is 10.2 Å². The minimum Gasteiger partial charge on any atom is -0.387 e. The topological polar surface area (TPSA) is 67.1 Å². The second-order valence-corrected chi connectivity index (χ2v) is 3.03. The Labute approximate surface area is 73.0 Å². The molecule has 0 spiro atoms. The van der Waals surface area contributed by atoms with E-state index in [-0.39, 0.29) is 0 Å². The summed E-state index contributed by atoms with van der Waals surface area (Å²) in [5, 5.41) is 6.70. The maximum Gasteiger partial charge on any atom is 0.189 e. The van der Waals surface area contributed by atoms with Crippen LogP contribution in [-0.2, 0) is 0 Å². The molecule has 0 unspecified atom stereocenters. The fourth-order valence-electron chi connectivity index (χ4n) is 0.644. The summed E-state index contributed by atoms with van der Waals surface area (Å²) in [6, 6.07) is 0. The summed E-state index contributed by atoms with van der Waals surface area (Å²) in [5.41, 5.74) is 6.33. The Morgan fingerprint density at radius 2 is 2.36 bits per heavy atom. The van der Waals surface area contributed by atoms with E-state index in [2.05, 4.69) is 31.1 Å². The van der Waals surface area contributed by atoms with Crippen molar-refractivity contribution in [2.45, 2.75) is 13.8 Å². The van der Waals surface area contributed by atoms with Gasteiger partial charge in [-0.1, -0.05) is 0 Å². The Bertz CT molecular complexity index is 285. The first kappa shape index (κ1) is 8.26. The molecule has 0 aromatic carbocycles. The molecular weight excluding hydrogens is 208 g/mol.